The normalized spacial score (nSPS) is 10.2. The van der Waals surface area contributed by atoms with Crippen LogP contribution >= 0.6 is 0 Å². The van der Waals surface area contributed by atoms with Crippen LogP contribution in [0.25, 0.3) is 0 Å². The number of amides is 1. The number of aromatic nitrogens is 2. The van der Waals surface area contributed by atoms with E-state index in [1.165, 1.54) is 5.56 Å². The fourth-order valence-electron chi connectivity index (χ4n) is 2.39. The van der Waals surface area contributed by atoms with Crippen molar-refractivity contribution in [2.75, 3.05) is 17.7 Å². The summed E-state index contributed by atoms with van der Waals surface area (Å²) >= 11 is 0. The number of methoxy groups -OCH3 is 1. The van der Waals surface area contributed by atoms with Gasteiger partial charge in [-0.3, -0.25) is 4.79 Å². The summed E-state index contributed by atoms with van der Waals surface area (Å²) in [5, 5.41) is 14.0. The predicted octanol–water partition coefficient (Wildman–Crippen LogP) is 4.04. The molecule has 0 aliphatic carbocycles. The van der Waals surface area contributed by atoms with Crippen molar-refractivity contribution in [2.45, 2.75) is 13.3 Å². The Hall–Kier alpha value is -3.41. The highest BCUT2D eigenvalue weighted by Crippen LogP contribution is 2.18. The number of hydrogen-bond acceptors (Lipinski definition) is 5. The zero-order valence-corrected chi connectivity index (χ0v) is 14.7. The molecule has 6 nitrogen and oxygen atoms in total. The fourth-order valence-corrected chi connectivity index (χ4v) is 2.39. The number of ether oxygens (including phenoxy) is 1. The maximum atomic E-state index is 12.3. The van der Waals surface area contributed by atoms with E-state index in [0.717, 1.165) is 12.1 Å². The SMILES string of the molecule is CCc1ccc(Nc2ccc(C(=O)Nc3cccc(OC)c3)nn2)cc1. The Balaban J connectivity index is 1.65. The lowest BCUT2D eigenvalue weighted by molar-refractivity contribution is 0.102. The molecule has 3 aromatic rings. The first-order valence-electron chi connectivity index (χ1n) is 8.33. The smallest absolute Gasteiger partial charge is 0.276 e. The van der Waals surface area contributed by atoms with Crippen LogP contribution in [0.2, 0.25) is 0 Å². The molecule has 2 aromatic carbocycles. The van der Waals surface area contributed by atoms with Crippen molar-refractivity contribution in [3.05, 3.63) is 71.9 Å². The van der Waals surface area contributed by atoms with Crippen molar-refractivity contribution in [1.82, 2.24) is 10.2 Å². The Morgan fingerprint density at radius 1 is 1.00 bits per heavy atom. The number of carbonyl (C=O) groups is 1. The number of rotatable bonds is 6. The van der Waals surface area contributed by atoms with E-state index in [9.17, 15) is 4.79 Å². The van der Waals surface area contributed by atoms with E-state index < -0.39 is 0 Å². The topological polar surface area (TPSA) is 76.1 Å². The molecule has 6 heteroatoms. The third kappa shape index (κ3) is 4.36. The van der Waals surface area contributed by atoms with Crippen molar-refractivity contribution in [1.29, 1.82) is 0 Å². The third-order valence-electron chi connectivity index (χ3n) is 3.86. The first-order valence-corrected chi connectivity index (χ1v) is 8.33. The Morgan fingerprint density at radius 3 is 2.46 bits per heavy atom. The zero-order valence-electron chi connectivity index (χ0n) is 14.7. The number of aryl methyl sites for hydroxylation is 1. The minimum absolute atomic E-state index is 0.236. The summed E-state index contributed by atoms with van der Waals surface area (Å²) in [5.74, 6) is 0.916. The molecule has 0 saturated heterocycles. The van der Waals surface area contributed by atoms with E-state index in [0.29, 0.717) is 17.3 Å². The summed E-state index contributed by atoms with van der Waals surface area (Å²) in [6.45, 7) is 2.11. The maximum absolute atomic E-state index is 12.3. The van der Waals surface area contributed by atoms with Crippen LogP contribution in [0.5, 0.6) is 5.75 Å². The number of carbonyl (C=O) groups excluding carboxylic acids is 1. The van der Waals surface area contributed by atoms with E-state index >= 15 is 0 Å². The van der Waals surface area contributed by atoms with Crippen LogP contribution in [0, 0.1) is 0 Å². The van der Waals surface area contributed by atoms with Gasteiger partial charge in [0.2, 0.25) is 0 Å². The largest absolute Gasteiger partial charge is 0.497 e. The molecule has 0 saturated carbocycles. The Labute approximate surface area is 152 Å². The molecule has 0 bridgehead atoms. The van der Waals surface area contributed by atoms with Gasteiger partial charge in [-0.25, -0.2) is 0 Å². The number of anilines is 3. The lowest BCUT2D eigenvalue weighted by Crippen LogP contribution is -2.14. The summed E-state index contributed by atoms with van der Waals surface area (Å²) in [4.78, 5) is 12.3. The van der Waals surface area contributed by atoms with E-state index in [1.54, 1.807) is 37.4 Å². The van der Waals surface area contributed by atoms with E-state index in [4.69, 9.17) is 4.74 Å². The molecule has 0 aliphatic heterocycles. The van der Waals surface area contributed by atoms with Gasteiger partial charge >= 0.3 is 0 Å². The predicted molar refractivity (Wildman–Crippen MR) is 102 cm³/mol. The van der Waals surface area contributed by atoms with Crippen molar-refractivity contribution < 1.29 is 9.53 Å². The highest BCUT2D eigenvalue weighted by atomic mass is 16.5. The van der Waals surface area contributed by atoms with Gasteiger partial charge in [-0.1, -0.05) is 25.1 Å². The van der Waals surface area contributed by atoms with Crippen LogP contribution in [0.15, 0.2) is 60.7 Å². The van der Waals surface area contributed by atoms with Gasteiger partial charge in [0.25, 0.3) is 5.91 Å². The van der Waals surface area contributed by atoms with Crippen molar-refractivity contribution >= 4 is 23.1 Å². The second-order valence-corrected chi connectivity index (χ2v) is 5.67. The van der Waals surface area contributed by atoms with Gasteiger partial charge in [0.05, 0.1) is 7.11 Å². The molecule has 1 aromatic heterocycles. The Bertz CT molecular complexity index is 877. The summed E-state index contributed by atoms with van der Waals surface area (Å²) < 4.78 is 5.14. The fraction of sp³-hybridized carbons (Fsp3) is 0.150. The van der Waals surface area contributed by atoms with Gasteiger partial charge in [-0.05, 0) is 48.4 Å². The highest BCUT2D eigenvalue weighted by molar-refractivity contribution is 6.02. The zero-order chi connectivity index (χ0) is 18.4. The molecule has 26 heavy (non-hydrogen) atoms. The monoisotopic (exact) mass is 348 g/mol. The summed E-state index contributed by atoms with van der Waals surface area (Å²) in [6.07, 6.45) is 0.997. The minimum Gasteiger partial charge on any atom is -0.497 e. The van der Waals surface area contributed by atoms with Crippen molar-refractivity contribution in [3.63, 3.8) is 0 Å². The maximum Gasteiger partial charge on any atom is 0.276 e. The minimum atomic E-state index is -0.329. The number of nitrogens with zero attached hydrogens (tertiary/aromatic N) is 2. The van der Waals surface area contributed by atoms with Gasteiger partial charge in [0.15, 0.2) is 11.5 Å². The van der Waals surface area contributed by atoms with E-state index in [1.807, 2.05) is 18.2 Å². The Kier molecular flexibility index (Phi) is 5.43. The van der Waals surface area contributed by atoms with Gasteiger partial charge in [0, 0.05) is 17.4 Å². The van der Waals surface area contributed by atoms with Crippen LogP contribution in [-0.2, 0) is 6.42 Å². The molecule has 0 atom stereocenters. The summed E-state index contributed by atoms with van der Waals surface area (Å²) in [6, 6.07) is 18.6. The van der Waals surface area contributed by atoms with Crippen molar-refractivity contribution in [2.24, 2.45) is 0 Å². The van der Waals surface area contributed by atoms with Gasteiger partial charge in [0.1, 0.15) is 5.75 Å². The molecule has 0 radical (unpaired) electrons. The molecule has 0 aliphatic rings. The molecule has 0 spiro atoms. The van der Waals surface area contributed by atoms with Crippen LogP contribution in [0.4, 0.5) is 17.2 Å². The summed E-state index contributed by atoms with van der Waals surface area (Å²) in [7, 11) is 1.58. The lowest BCUT2D eigenvalue weighted by atomic mass is 10.1. The average molecular weight is 348 g/mol. The van der Waals surface area contributed by atoms with Crippen LogP contribution in [-0.4, -0.2) is 23.2 Å². The molecule has 0 unspecified atom stereocenters. The van der Waals surface area contributed by atoms with Gasteiger partial charge in [-0.15, -0.1) is 10.2 Å². The van der Waals surface area contributed by atoms with Gasteiger partial charge < -0.3 is 15.4 Å². The standard InChI is InChI=1S/C20H20N4O2/c1-3-14-7-9-15(10-8-14)21-19-12-11-18(23-24-19)20(25)22-16-5-4-6-17(13-16)26-2/h4-13H,3H2,1-2H3,(H,21,24)(H,22,25). The van der Waals surface area contributed by atoms with Crippen LogP contribution < -0.4 is 15.4 Å². The number of nitrogens with one attached hydrogen (secondary N) is 2. The summed E-state index contributed by atoms with van der Waals surface area (Å²) in [5.41, 5.74) is 3.06. The second kappa shape index (κ2) is 8.11. The van der Waals surface area contributed by atoms with Crippen LogP contribution in [0.3, 0.4) is 0 Å². The first-order chi connectivity index (χ1) is 12.7. The van der Waals surface area contributed by atoms with E-state index in [2.05, 4.69) is 39.9 Å². The average Bonchev–Trinajstić information content (AvgIpc) is 2.69. The molecule has 1 amide bonds. The molecular weight excluding hydrogens is 328 g/mol. The molecule has 132 valence electrons. The third-order valence-corrected chi connectivity index (χ3v) is 3.86. The van der Waals surface area contributed by atoms with Crippen LogP contribution in [0.1, 0.15) is 23.0 Å². The second-order valence-electron chi connectivity index (χ2n) is 5.67. The lowest BCUT2D eigenvalue weighted by Gasteiger charge is -2.08. The highest BCUT2D eigenvalue weighted by Gasteiger charge is 2.09. The molecular formula is C20H20N4O2. The number of benzene rings is 2. The Morgan fingerprint density at radius 2 is 1.81 bits per heavy atom. The molecule has 2 N–H and O–H groups in total. The van der Waals surface area contributed by atoms with Gasteiger partial charge in [-0.2, -0.15) is 0 Å². The van der Waals surface area contributed by atoms with Crippen molar-refractivity contribution in [3.8, 4) is 5.75 Å². The van der Waals surface area contributed by atoms with E-state index in [-0.39, 0.29) is 11.6 Å². The molecule has 3 rings (SSSR count). The molecule has 1 heterocycles. The number of hydrogen-bond donors (Lipinski definition) is 2. The first kappa shape index (κ1) is 17.4. The molecule has 0 fully saturated rings. The quantitative estimate of drug-likeness (QED) is 0.703.